The van der Waals surface area contributed by atoms with E-state index in [2.05, 4.69) is 25.7 Å². The maximum absolute atomic E-state index is 2.58. The number of allylic oxidation sites excluding steroid dienone is 1. The van der Waals surface area contributed by atoms with Crippen molar-refractivity contribution in [2.24, 2.45) is 0 Å². The Hall–Kier alpha value is -0.300. The lowest BCUT2D eigenvalue weighted by atomic mass is 10.1. The van der Waals surface area contributed by atoms with Crippen molar-refractivity contribution in [3.05, 3.63) is 11.1 Å². The Bertz CT molecular complexity index is 160. The molecule has 70 valence electrons. The lowest BCUT2D eigenvalue weighted by molar-refractivity contribution is 0.246. The highest BCUT2D eigenvalue weighted by atomic mass is 15.1. The average Bonchev–Trinajstić information content (AvgIpc) is 2.06. The fraction of sp³-hybridized carbons (Fsp3) is 0.818. The summed E-state index contributed by atoms with van der Waals surface area (Å²) in [6, 6.07) is 0. The van der Waals surface area contributed by atoms with Crippen LogP contribution < -0.4 is 0 Å². The standard InChI is InChI=1S/C11H21N/c1-10(2)11(3)9-12-7-5-4-6-8-12/h4-9H2,1-3H3. The van der Waals surface area contributed by atoms with Gasteiger partial charge < -0.3 is 0 Å². The van der Waals surface area contributed by atoms with E-state index in [-0.39, 0.29) is 0 Å². The Balaban J connectivity index is 2.34. The molecule has 12 heavy (non-hydrogen) atoms. The highest BCUT2D eigenvalue weighted by molar-refractivity contribution is 5.08. The van der Waals surface area contributed by atoms with E-state index in [4.69, 9.17) is 0 Å². The van der Waals surface area contributed by atoms with E-state index >= 15 is 0 Å². The van der Waals surface area contributed by atoms with Crippen LogP contribution in [-0.2, 0) is 0 Å². The van der Waals surface area contributed by atoms with Gasteiger partial charge in [0.05, 0.1) is 0 Å². The largest absolute Gasteiger partial charge is 0.299 e. The van der Waals surface area contributed by atoms with Crippen LogP contribution in [0.5, 0.6) is 0 Å². The van der Waals surface area contributed by atoms with Crippen LogP contribution in [0, 0.1) is 0 Å². The number of nitrogens with zero attached hydrogens (tertiary/aromatic N) is 1. The maximum Gasteiger partial charge on any atom is 0.0192 e. The molecule has 1 nitrogen and oxygen atoms in total. The van der Waals surface area contributed by atoms with E-state index < -0.39 is 0 Å². The average molecular weight is 167 g/mol. The molecule has 0 aromatic rings. The Morgan fingerprint density at radius 1 is 1.00 bits per heavy atom. The molecule has 1 heterocycles. The quantitative estimate of drug-likeness (QED) is 0.572. The molecular weight excluding hydrogens is 146 g/mol. The minimum absolute atomic E-state index is 1.20. The molecule has 0 aromatic heterocycles. The minimum Gasteiger partial charge on any atom is -0.299 e. The highest BCUT2D eigenvalue weighted by Gasteiger charge is 2.09. The summed E-state index contributed by atoms with van der Waals surface area (Å²) in [6.07, 6.45) is 4.23. The van der Waals surface area contributed by atoms with Crippen molar-refractivity contribution in [2.75, 3.05) is 19.6 Å². The van der Waals surface area contributed by atoms with E-state index in [0.29, 0.717) is 0 Å². The third-order valence-electron chi connectivity index (χ3n) is 2.76. The smallest absolute Gasteiger partial charge is 0.0192 e. The van der Waals surface area contributed by atoms with Gasteiger partial charge in [-0.15, -0.1) is 0 Å². The van der Waals surface area contributed by atoms with Gasteiger partial charge in [-0.2, -0.15) is 0 Å². The fourth-order valence-corrected chi connectivity index (χ4v) is 1.61. The zero-order chi connectivity index (χ0) is 8.97. The third kappa shape index (κ3) is 2.98. The predicted octanol–water partition coefficient (Wildman–Crippen LogP) is 2.83. The molecule has 0 aromatic carbocycles. The summed E-state index contributed by atoms with van der Waals surface area (Å²) < 4.78 is 0. The molecule has 0 N–H and O–H groups in total. The minimum atomic E-state index is 1.20. The summed E-state index contributed by atoms with van der Waals surface area (Å²) in [6.45, 7) is 10.5. The zero-order valence-electron chi connectivity index (χ0n) is 8.69. The Labute approximate surface area is 76.5 Å². The second kappa shape index (κ2) is 4.66. The Kier molecular flexibility index (Phi) is 3.80. The van der Waals surface area contributed by atoms with Gasteiger partial charge in [-0.3, -0.25) is 4.90 Å². The van der Waals surface area contributed by atoms with Gasteiger partial charge in [-0.05, 0) is 46.7 Å². The molecule has 0 amide bonds. The number of hydrogen-bond acceptors (Lipinski definition) is 1. The van der Waals surface area contributed by atoms with Gasteiger partial charge in [0.1, 0.15) is 0 Å². The van der Waals surface area contributed by atoms with Crippen LogP contribution in [0.3, 0.4) is 0 Å². The molecule has 1 heteroatoms. The molecule has 0 saturated carbocycles. The van der Waals surface area contributed by atoms with Gasteiger partial charge in [0.25, 0.3) is 0 Å². The van der Waals surface area contributed by atoms with Crippen LogP contribution in [0.1, 0.15) is 40.0 Å². The van der Waals surface area contributed by atoms with Crippen LogP contribution in [0.25, 0.3) is 0 Å². The number of hydrogen-bond donors (Lipinski definition) is 0. The summed E-state index contributed by atoms with van der Waals surface area (Å²) >= 11 is 0. The molecule has 1 aliphatic heterocycles. The summed E-state index contributed by atoms with van der Waals surface area (Å²) in [4.78, 5) is 2.58. The van der Waals surface area contributed by atoms with Crippen LogP contribution in [0.4, 0.5) is 0 Å². The first-order valence-corrected chi connectivity index (χ1v) is 5.05. The molecule has 1 rings (SSSR count). The van der Waals surface area contributed by atoms with Gasteiger partial charge in [0.2, 0.25) is 0 Å². The first-order valence-electron chi connectivity index (χ1n) is 5.05. The third-order valence-corrected chi connectivity index (χ3v) is 2.76. The van der Waals surface area contributed by atoms with E-state index in [1.54, 1.807) is 5.57 Å². The molecular formula is C11H21N. The van der Waals surface area contributed by atoms with Crippen molar-refractivity contribution in [3.63, 3.8) is 0 Å². The van der Waals surface area contributed by atoms with Crippen LogP contribution >= 0.6 is 0 Å². The Morgan fingerprint density at radius 2 is 1.58 bits per heavy atom. The molecule has 0 spiro atoms. The SMILES string of the molecule is CC(C)=C(C)CN1CCCCC1. The van der Waals surface area contributed by atoms with E-state index in [1.807, 2.05) is 0 Å². The van der Waals surface area contributed by atoms with Crippen molar-refractivity contribution in [2.45, 2.75) is 40.0 Å². The topological polar surface area (TPSA) is 3.24 Å². The monoisotopic (exact) mass is 167 g/mol. The van der Waals surface area contributed by atoms with Crippen molar-refractivity contribution in [1.29, 1.82) is 0 Å². The Morgan fingerprint density at radius 3 is 2.08 bits per heavy atom. The zero-order valence-corrected chi connectivity index (χ0v) is 8.69. The highest BCUT2D eigenvalue weighted by Crippen LogP contribution is 2.12. The first-order chi connectivity index (χ1) is 5.70. The van der Waals surface area contributed by atoms with E-state index in [9.17, 15) is 0 Å². The molecule has 0 radical (unpaired) electrons. The van der Waals surface area contributed by atoms with Gasteiger partial charge in [0, 0.05) is 6.54 Å². The van der Waals surface area contributed by atoms with Crippen molar-refractivity contribution in [1.82, 2.24) is 4.90 Å². The molecule has 0 atom stereocenters. The van der Waals surface area contributed by atoms with Crippen molar-refractivity contribution >= 4 is 0 Å². The summed E-state index contributed by atoms with van der Waals surface area (Å²) in [5.41, 5.74) is 3.04. The van der Waals surface area contributed by atoms with Crippen LogP contribution in [0.15, 0.2) is 11.1 Å². The molecule has 1 saturated heterocycles. The molecule has 0 unspecified atom stereocenters. The molecule has 0 aliphatic carbocycles. The number of likely N-dealkylation sites (tertiary alicyclic amines) is 1. The normalized spacial score (nSPS) is 19.2. The van der Waals surface area contributed by atoms with Crippen molar-refractivity contribution < 1.29 is 0 Å². The number of piperidine rings is 1. The fourth-order valence-electron chi connectivity index (χ4n) is 1.61. The molecule has 1 aliphatic rings. The van der Waals surface area contributed by atoms with Gasteiger partial charge in [-0.1, -0.05) is 17.6 Å². The molecule has 0 bridgehead atoms. The van der Waals surface area contributed by atoms with E-state index in [0.717, 1.165) is 0 Å². The summed E-state index contributed by atoms with van der Waals surface area (Å²) in [7, 11) is 0. The second-order valence-corrected chi connectivity index (χ2v) is 4.12. The molecule has 1 fully saturated rings. The van der Waals surface area contributed by atoms with Gasteiger partial charge >= 0.3 is 0 Å². The van der Waals surface area contributed by atoms with Crippen LogP contribution in [0.2, 0.25) is 0 Å². The summed E-state index contributed by atoms with van der Waals surface area (Å²) in [5.74, 6) is 0. The lowest BCUT2D eigenvalue weighted by Gasteiger charge is -2.27. The van der Waals surface area contributed by atoms with Gasteiger partial charge in [0.15, 0.2) is 0 Å². The van der Waals surface area contributed by atoms with Crippen molar-refractivity contribution in [3.8, 4) is 0 Å². The first kappa shape index (κ1) is 9.79. The van der Waals surface area contributed by atoms with E-state index in [1.165, 1.54) is 44.5 Å². The summed E-state index contributed by atoms with van der Waals surface area (Å²) in [5, 5.41) is 0. The van der Waals surface area contributed by atoms with Crippen LogP contribution in [-0.4, -0.2) is 24.5 Å². The van der Waals surface area contributed by atoms with Gasteiger partial charge in [-0.25, -0.2) is 0 Å². The lowest BCUT2D eigenvalue weighted by Crippen LogP contribution is -2.31. The maximum atomic E-state index is 2.58. The predicted molar refractivity (Wildman–Crippen MR) is 54.3 cm³/mol. The second-order valence-electron chi connectivity index (χ2n) is 4.12. The number of rotatable bonds is 2.